The third-order valence-electron chi connectivity index (χ3n) is 4.90. The molecule has 1 aliphatic rings. The Kier molecular flexibility index (Phi) is 4.50. The van der Waals surface area contributed by atoms with Crippen molar-refractivity contribution in [2.24, 2.45) is 0 Å². The van der Waals surface area contributed by atoms with Crippen LogP contribution < -0.4 is 15.2 Å². The van der Waals surface area contributed by atoms with E-state index in [1.165, 1.54) is 12.1 Å². The minimum absolute atomic E-state index is 0.0659. The molecule has 2 heterocycles. The number of benzene rings is 3. The summed E-state index contributed by atoms with van der Waals surface area (Å²) >= 11 is 12.8. The number of aromatic nitrogens is 2. The minimum atomic E-state index is -0.463. The van der Waals surface area contributed by atoms with Gasteiger partial charge in [0, 0.05) is 0 Å². The second-order valence-corrected chi connectivity index (χ2v) is 7.55. The van der Waals surface area contributed by atoms with Gasteiger partial charge in [-0.25, -0.2) is 10.00 Å². The number of anilines is 1. The van der Waals surface area contributed by atoms with Crippen molar-refractivity contribution in [3.05, 3.63) is 92.2 Å². The number of nitrogens with one attached hydrogen (secondary N) is 1. The molecule has 0 saturated carbocycles. The first kappa shape index (κ1) is 19.3. The van der Waals surface area contributed by atoms with Gasteiger partial charge in [0.2, 0.25) is 5.88 Å². The van der Waals surface area contributed by atoms with Crippen LogP contribution in [-0.4, -0.2) is 22.0 Å². The van der Waals surface area contributed by atoms with Crippen LogP contribution in [0.5, 0.6) is 11.6 Å². The molecule has 5 rings (SSSR count). The number of aromatic amines is 1. The van der Waals surface area contributed by atoms with Crippen LogP contribution in [0.4, 0.5) is 5.69 Å². The summed E-state index contributed by atoms with van der Waals surface area (Å²) in [7, 11) is 0. The first-order valence-corrected chi connectivity index (χ1v) is 9.83. The molecule has 0 fully saturated rings. The number of amides is 2. The predicted molar refractivity (Wildman–Crippen MR) is 116 cm³/mol. The number of rotatable bonds is 3. The van der Waals surface area contributed by atoms with Crippen molar-refractivity contribution in [2.45, 2.75) is 0 Å². The van der Waals surface area contributed by atoms with Crippen molar-refractivity contribution < 1.29 is 14.3 Å². The van der Waals surface area contributed by atoms with Gasteiger partial charge in [0.05, 0.1) is 37.6 Å². The number of nitrogens with zero attached hydrogens (tertiary/aromatic N) is 2. The van der Waals surface area contributed by atoms with Crippen molar-refractivity contribution in [3.63, 3.8) is 0 Å². The molecule has 3 aromatic carbocycles. The molecule has 1 N–H and O–H groups in total. The Bertz CT molecular complexity index is 1410. The van der Waals surface area contributed by atoms with Gasteiger partial charge in [-0.2, -0.15) is 0 Å². The molecule has 4 aromatic rings. The summed E-state index contributed by atoms with van der Waals surface area (Å²) in [6.45, 7) is 0. The molecule has 2 amide bonds. The van der Waals surface area contributed by atoms with Gasteiger partial charge < -0.3 is 4.74 Å². The van der Waals surface area contributed by atoms with Crippen molar-refractivity contribution in [1.82, 2.24) is 10.2 Å². The number of hydrogen-bond acceptors (Lipinski definition) is 5. The molecule has 152 valence electrons. The quantitative estimate of drug-likeness (QED) is 0.450. The highest BCUT2D eigenvalue weighted by molar-refractivity contribution is 6.39. The van der Waals surface area contributed by atoms with Gasteiger partial charge in [0.25, 0.3) is 17.4 Å². The number of ether oxygens (including phenoxy) is 1. The largest absolute Gasteiger partial charge is 0.434 e. The molecular formula is C22H11Cl2N3O4. The Morgan fingerprint density at radius 2 is 1.35 bits per heavy atom. The number of fused-ring (bicyclic) bond motifs is 2. The highest BCUT2D eigenvalue weighted by Crippen LogP contribution is 2.41. The summed E-state index contributed by atoms with van der Waals surface area (Å²) in [6, 6.07) is 16.2. The number of halogens is 2. The van der Waals surface area contributed by atoms with Crippen molar-refractivity contribution in [3.8, 4) is 11.6 Å². The van der Waals surface area contributed by atoms with Gasteiger partial charge in [-0.05, 0) is 36.4 Å². The first-order valence-electron chi connectivity index (χ1n) is 9.08. The van der Waals surface area contributed by atoms with E-state index in [0.29, 0.717) is 21.9 Å². The van der Waals surface area contributed by atoms with Gasteiger partial charge in [-0.3, -0.25) is 14.4 Å². The average molecular weight is 452 g/mol. The fourth-order valence-corrected chi connectivity index (χ4v) is 4.01. The van der Waals surface area contributed by atoms with E-state index in [1.54, 1.807) is 48.5 Å². The maximum atomic E-state index is 12.7. The lowest BCUT2D eigenvalue weighted by atomic mass is 10.1. The van der Waals surface area contributed by atoms with Gasteiger partial charge in [0.15, 0.2) is 5.75 Å². The summed E-state index contributed by atoms with van der Waals surface area (Å²) < 4.78 is 5.81. The lowest BCUT2D eigenvalue weighted by Crippen LogP contribution is -2.29. The fraction of sp³-hybridized carbons (Fsp3) is 0. The molecule has 7 nitrogen and oxygen atoms in total. The van der Waals surface area contributed by atoms with E-state index in [2.05, 4.69) is 10.2 Å². The number of hydrogen-bond donors (Lipinski definition) is 1. The zero-order valence-electron chi connectivity index (χ0n) is 15.6. The molecule has 9 heteroatoms. The maximum absolute atomic E-state index is 12.7. The normalized spacial score (nSPS) is 13.0. The Morgan fingerprint density at radius 3 is 1.97 bits per heavy atom. The number of imide groups is 1. The summed E-state index contributed by atoms with van der Waals surface area (Å²) in [5, 5.41) is 7.30. The molecule has 0 saturated heterocycles. The molecule has 31 heavy (non-hydrogen) atoms. The number of H-pyrrole nitrogens is 1. The Hall–Kier alpha value is -3.68. The van der Waals surface area contributed by atoms with Crippen molar-refractivity contribution >= 4 is 51.5 Å². The SMILES string of the molecule is O=C1c2ccccc2C(=O)N1c1cc(Cl)c(Oc2n[nH]c(=O)c3ccccc23)c(Cl)c1. The van der Waals surface area contributed by atoms with Gasteiger partial charge >= 0.3 is 0 Å². The molecular weight excluding hydrogens is 441 g/mol. The van der Waals surface area contributed by atoms with E-state index in [1.807, 2.05) is 0 Å². The van der Waals surface area contributed by atoms with Gasteiger partial charge in [-0.1, -0.05) is 47.5 Å². The third kappa shape index (κ3) is 3.06. The van der Waals surface area contributed by atoms with Gasteiger partial charge in [0.1, 0.15) is 0 Å². The van der Waals surface area contributed by atoms with Crippen LogP contribution in [0.3, 0.4) is 0 Å². The second-order valence-electron chi connectivity index (χ2n) is 6.74. The Labute approximate surface area is 184 Å². The van der Waals surface area contributed by atoms with Crippen LogP contribution in [-0.2, 0) is 0 Å². The molecule has 0 radical (unpaired) electrons. The Balaban J connectivity index is 1.55. The van der Waals surface area contributed by atoms with Gasteiger partial charge in [-0.15, -0.1) is 5.10 Å². The van der Waals surface area contributed by atoms with Crippen LogP contribution in [0.25, 0.3) is 10.8 Å². The second kappa shape index (κ2) is 7.23. The van der Waals surface area contributed by atoms with Crippen LogP contribution in [0.1, 0.15) is 20.7 Å². The number of carbonyl (C=O) groups is 2. The maximum Gasteiger partial charge on any atom is 0.272 e. The van der Waals surface area contributed by atoms with Crippen LogP contribution >= 0.6 is 23.2 Å². The van der Waals surface area contributed by atoms with E-state index in [4.69, 9.17) is 27.9 Å². The fourth-order valence-electron chi connectivity index (χ4n) is 3.46. The molecule has 0 atom stereocenters. The highest BCUT2D eigenvalue weighted by Gasteiger charge is 2.37. The van der Waals surface area contributed by atoms with E-state index in [-0.39, 0.29) is 32.9 Å². The van der Waals surface area contributed by atoms with E-state index in [0.717, 1.165) is 4.90 Å². The molecule has 1 aromatic heterocycles. The van der Waals surface area contributed by atoms with Crippen molar-refractivity contribution in [1.29, 1.82) is 0 Å². The van der Waals surface area contributed by atoms with Crippen LogP contribution in [0, 0.1) is 0 Å². The van der Waals surface area contributed by atoms with Crippen LogP contribution in [0.15, 0.2) is 65.5 Å². The Morgan fingerprint density at radius 1 is 0.806 bits per heavy atom. The van der Waals surface area contributed by atoms with Crippen LogP contribution in [0.2, 0.25) is 10.0 Å². The topological polar surface area (TPSA) is 92.4 Å². The molecule has 0 spiro atoms. The predicted octanol–water partition coefficient (Wildman–Crippen LogP) is 4.82. The molecule has 0 aliphatic carbocycles. The summed E-state index contributed by atoms with van der Waals surface area (Å²) in [5.41, 5.74) is 0.474. The standard InChI is InChI=1S/C22H11Cl2N3O4/c23-16-9-11(27-21(29)14-7-3-4-8-15(14)22(27)30)10-17(24)18(16)31-20-13-6-2-1-5-12(13)19(28)25-26-20/h1-10H,(H,25,28). The minimum Gasteiger partial charge on any atom is -0.434 e. The third-order valence-corrected chi connectivity index (χ3v) is 5.46. The molecule has 0 bridgehead atoms. The highest BCUT2D eigenvalue weighted by atomic mass is 35.5. The summed E-state index contributed by atoms with van der Waals surface area (Å²) in [4.78, 5) is 38.4. The average Bonchev–Trinajstić information content (AvgIpc) is 3.03. The lowest BCUT2D eigenvalue weighted by molar-refractivity contribution is 0.0926. The van der Waals surface area contributed by atoms with Crippen molar-refractivity contribution in [2.75, 3.05) is 4.90 Å². The number of carbonyl (C=O) groups excluding carboxylic acids is 2. The zero-order valence-corrected chi connectivity index (χ0v) is 17.1. The monoisotopic (exact) mass is 451 g/mol. The van der Waals surface area contributed by atoms with E-state index >= 15 is 0 Å². The molecule has 1 aliphatic heterocycles. The summed E-state index contributed by atoms with van der Waals surface area (Å²) in [6.07, 6.45) is 0. The van der Waals surface area contributed by atoms with E-state index in [9.17, 15) is 14.4 Å². The summed E-state index contributed by atoms with van der Waals surface area (Å²) in [5.74, 6) is -0.745. The molecule has 0 unspecified atom stereocenters. The first-order chi connectivity index (χ1) is 15.0. The van der Waals surface area contributed by atoms with E-state index < -0.39 is 11.8 Å². The smallest absolute Gasteiger partial charge is 0.272 e. The lowest BCUT2D eigenvalue weighted by Gasteiger charge is -2.17. The zero-order chi connectivity index (χ0) is 21.7.